The fourth-order valence-electron chi connectivity index (χ4n) is 2.27. The number of methoxy groups -OCH3 is 2. The molecule has 0 saturated carbocycles. The minimum Gasteiger partial charge on any atom is -0.504 e. The molecule has 138 valence electrons. The molecule has 2 rings (SSSR count). The summed E-state index contributed by atoms with van der Waals surface area (Å²) < 4.78 is 10.2. The molecule has 6 nitrogen and oxygen atoms in total. The maximum atomic E-state index is 10.1. The summed E-state index contributed by atoms with van der Waals surface area (Å²) in [6.07, 6.45) is 3.20. The standard InChI is InChI=1S/C20H24N2O4/c1-20(2,22-12-15-8-6-10-17(26-4)19(15)24)13-21-11-14-7-5-9-16(25-3)18(14)23/h5-12,23-24H,13H2,1-4H3. The molecule has 2 aromatic rings. The van der Waals surface area contributed by atoms with Crippen LogP contribution in [0.3, 0.4) is 0 Å². The van der Waals surface area contributed by atoms with Crippen molar-refractivity contribution in [3.05, 3.63) is 47.5 Å². The molecule has 0 spiro atoms. The van der Waals surface area contributed by atoms with E-state index < -0.39 is 5.54 Å². The van der Waals surface area contributed by atoms with E-state index in [0.717, 1.165) is 0 Å². The van der Waals surface area contributed by atoms with E-state index in [-0.39, 0.29) is 11.5 Å². The van der Waals surface area contributed by atoms with Gasteiger partial charge in [-0.15, -0.1) is 0 Å². The average Bonchev–Trinajstić information content (AvgIpc) is 2.62. The smallest absolute Gasteiger partial charge is 0.166 e. The second-order valence-electron chi connectivity index (χ2n) is 6.34. The summed E-state index contributed by atoms with van der Waals surface area (Å²) in [6, 6.07) is 10.5. The predicted molar refractivity (Wildman–Crippen MR) is 103 cm³/mol. The lowest BCUT2D eigenvalue weighted by Crippen LogP contribution is -2.21. The molecule has 0 bridgehead atoms. The van der Waals surface area contributed by atoms with Crippen LogP contribution in [-0.4, -0.2) is 48.9 Å². The first-order valence-corrected chi connectivity index (χ1v) is 8.15. The van der Waals surface area contributed by atoms with Gasteiger partial charge in [-0.2, -0.15) is 0 Å². The van der Waals surface area contributed by atoms with Gasteiger partial charge in [0.2, 0.25) is 0 Å². The average molecular weight is 356 g/mol. The van der Waals surface area contributed by atoms with Gasteiger partial charge in [0.05, 0.1) is 26.3 Å². The third-order valence-corrected chi connectivity index (χ3v) is 3.76. The van der Waals surface area contributed by atoms with E-state index in [4.69, 9.17) is 9.47 Å². The van der Waals surface area contributed by atoms with Crippen molar-refractivity contribution in [3.63, 3.8) is 0 Å². The number of aliphatic imine (C=N–C) groups is 2. The van der Waals surface area contributed by atoms with Crippen LogP contribution in [0.15, 0.2) is 46.4 Å². The van der Waals surface area contributed by atoms with Crippen molar-refractivity contribution in [1.82, 2.24) is 0 Å². The quantitative estimate of drug-likeness (QED) is 0.745. The lowest BCUT2D eigenvalue weighted by Gasteiger charge is -2.17. The van der Waals surface area contributed by atoms with Crippen LogP contribution in [0.5, 0.6) is 23.0 Å². The number of para-hydroxylation sites is 2. The molecule has 0 fully saturated rings. The fraction of sp³-hybridized carbons (Fsp3) is 0.300. The normalized spacial score (nSPS) is 12.0. The molecule has 0 aliphatic carbocycles. The van der Waals surface area contributed by atoms with Crippen molar-refractivity contribution < 1.29 is 19.7 Å². The minimum atomic E-state index is -0.486. The van der Waals surface area contributed by atoms with Crippen LogP contribution in [0.1, 0.15) is 25.0 Å². The van der Waals surface area contributed by atoms with Crippen LogP contribution >= 0.6 is 0 Å². The van der Waals surface area contributed by atoms with E-state index in [1.807, 2.05) is 13.8 Å². The molecule has 0 heterocycles. The van der Waals surface area contributed by atoms with Crippen molar-refractivity contribution in [3.8, 4) is 23.0 Å². The van der Waals surface area contributed by atoms with Crippen LogP contribution in [0, 0.1) is 0 Å². The molecule has 0 aliphatic heterocycles. The highest BCUT2D eigenvalue weighted by Gasteiger charge is 2.15. The van der Waals surface area contributed by atoms with Crippen LogP contribution in [0.4, 0.5) is 0 Å². The van der Waals surface area contributed by atoms with Crippen molar-refractivity contribution in [2.75, 3.05) is 20.8 Å². The summed E-state index contributed by atoms with van der Waals surface area (Å²) in [4.78, 5) is 8.88. The summed E-state index contributed by atoms with van der Waals surface area (Å²) in [5.74, 6) is 0.915. The lowest BCUT2D eigenvalue weighted by molar-refractivity contribution is 0.373. The minimum absolute atomic E-state index is 0.0550. The van der Waals surface area contributed by atoms with Crippen molar-refractivity contribution >= 4 is 12.4 Å². The first-order chi connectivity index (χ1) is 12.4. The molecule has 26 heavy (non-hydrogen) atoms. The molecular formula is C20H24N2O4. The maximum absolute atomic E-state index is 10.1. The van der Waals surface area contributed by atoms with E-state index in [0.29, 0.717) is 29.2 Å². The Bertz CT molecular complexity index is 813. The van der Waals surface area contributed by atoms with Gasteiger partial charge in [0.25, 0.3) is 0 Å². The largest absolute Gasteiger partial charge is 0.504 e. The highest BCUT2D eigenvalue weighted by Crippen LogP contribution is 2.29. The number of benzene rings is 2. The van der Waals surface area contributed by atoms with Crippen LogP contribution in [0.25, 0.3) is 0 Å². The molecule has 0 aliphatic rings. The Morgan fingerprint density at radius 3 is 1.88 bits per heavy atom. The van der Waals surface area contributed by atoms with E-state index in [1.165, 1.54) is 14.2 Å². The van der Waals surface area contributed by atoms with Gasteiger partial charge >= 0.3 is 0 Å². The first kappa shape index (κ1) is 19.3. The van der Waals surface area contributed by atoms with Crippen LogP contribution in [-0.2, 0) is 0 Å². The Balaban J connectivity index is 2.09. The number of phenolic OH excluding ortho intramolecular Hbond substituents is 2. The zero-order valence-corrected chi connectivity index (χ0v) is 15.4. The number of hydrogen-bond donors (Lipinski definition) is 2. The van der Waals surface area contributed by atoms with Crippen molar-refractivity contribution in [1.29, 1.82) is 0 Å². The van der Waals surface area contributed by atoms with Gasteiger partial charge in [0.15, 0.2) is 23.0 Å². The zero-order chi connectivity index (χ0) is 19.2. The highest BCUT2D eigenvalue weighted by molar-refractivity contribution is 5.86. The fourth-order valence-corrected chi connectivity index (χ4v) is 2.27. The van der Waals surface area contributed by atoms with Crippen molar-refractivity contribution in [2.24, 2.45) is 9.98 Å². The second kappa shape index (κ2) is 8.38. The van der Waals surface area contributed by atoms with E-state index in [2.05, 4.69) is 9.98 Å². The first-order valence-electron chi connectivity index (χ1n) is 8.15. The molecule has 0 radical (unpaired) electrons. The van der Waals surface area contributed by atoms with Gasteiger partial charge in [-0.3, -0.25) is 9.98 Å². The van der Waals surface area contributed by atoms with Crippen LogP contribution in [0.2, 0.25) is 0 Å². The van der Waals surface area contributed by atoms with E-state index in [1.54, 1.807) is 48.8 Å². The molecule has 0 atom stereocenters. The number of phenols is 2. The molecule has 0 amide bonds. The van der Waals surface area contributed by atoms with Gasteiger partial charge < -0.3 is 19.7 Å². The molecule has 0 unspecified atom stereocenters. The topological polar surface area (TPSA) is 83.6 Å². The maximum Gasteiger partial charge on any atom is 0.166 e. The van der Waals surface area contributed by atoms with Gasteiger partial charge in [-0.1, -0.05) is 12.1 Å². The van der Waals surface area contributed by atoms with Gasteiger partial charge in [-0.05, 0) is 38.1 Å². The number of hydrogen-bond acceptors (Lipinski definition) is 6. The van der Waals surface area contributed by atoms with Gasteiger partial charge in [0.1, 0.15) is 0 Å². The van der Waals surface area contributed by atoms with E-state index >= 15 is 0 Å². The summed E-state index contributed by atoms with van der Waals surface area (Å²) in [5, 5.41) is 20.2. The number of rotatable bonds is 7. The molecule has 2 aromatic carbocycles. The van der Waals surface area contributed by atoms with Crippen LogP contribution < -0.4 is 9.47 Å². The molecule has 0 aromatic heterocycles. The molecule has 2 N–H and O–H groups in total. The van der Waals surface area contributed by atoms with E-state index in [9.17, 15) is 10.2 Å². The predicted octanol–water partition coefficient (Wildman–Crippen LogP) is 3.43. The zero-order valence-electron chi connectivity index (χ0n) is 15.4. The van der Waals surface area contributed by atoms with Gasteiger partial charge in [-0.25, -0.2) is 0 Å². The lowest BCUT2D eigenvalue weighted by atomic mass is 10.1. The Hall–Kier alpha value is -3.02. The number of nitrogens with zero attached hydrogens (tertiary/aromatic N) is 2. The Labute approximate surface area is 153 Å². The third kappa shape index (κ3) is 4.75. The summed E-state index contributed by atoms with van der Waals surface area (Å²) in [6.45, 7) is 4.28. The third-order valence-electron chi connectivity index (χ3n) is 3.76. The summed E-state index contributed by atoms with van der Waals surface area (Å²) in [5.41, 5.74) is 0.668. The Kier molecular flexibility index (Phi) is 6.22. The van der Waals surface area contributed by atoms with Crippen molar-refractivity contribution in [2.45, 2.75) is 19.4 Å². The van der Waals surface area contributed by atoms with Gasteiger partial charge in [0, 0.05) is 23.6 Å². The monoisotopic (exact) mass is 356 g/mol. The SMILES string of the molecule is COc1cccc(C=NCC(C)(C)N=Cc2cccc(OC)c2O)c1O. The molecule has 0 saturated heterocycles. The Morgan fingerprint density at radius 2 is 1.38 bits per heavy atom. The number of aromatic hydroxyl groups is 2. The summed E-state index contributed by atoms with van der Waals surface area (Å²) in [7, 11) is 3.00. The summed E-state index contributed by atoms with van der Waals surface area (Å²) >= 11 is 0. The second-order valence-corrected chi connectivity index (χ2v) is 6.34. The molecule has 6 heteroatoms. The molecular weight excluding hydrogens is 332 g/mol. The highest BCUT2D eigenvalue weighted by atomic mass is 16.5. The Morgan fingerprint density at radius 1 is 0.885 bits per heavy atom. The number of ether oxygens (including phenoxy) is 2.